The van der Waals surface area contributed by atoms with E-state index in [1.54, 1.807) is 6.08 Å². The summed E-state index contributed by atoms with van der Waals surface area (Å²) in [5.74, 6) is 0.0377. The Balaban J connectivity index is 1.45. The van der Waals surface area contributed by atoms with E-state index in [1.807, 2.05) is 30.1 Å². The zero-order chi connectivity index (χ0) is 26.7. The first-order valence-electron chi connectivity index (χ1n) is 14.2. The molecule has 6 heterocycles. The zero-order valence-corrected chi connectivity index (χ0v) is 22.6. The maximum atomic E-state index is 13.9. The molecule has 1 N–H and O–H groups in total. The lowest BCUT2D eigenvalue weighted by Gasteiger charge is -2.62. The van der Waals surface area contributed by atoms with Crippen molar-refractivity contribution >= 4 is 23.7 Å². The predicted octanol–water partition coefficient (Wildman–Crippen LogP) is 4.22. The summed E-state index contributed by atoms with van der Waals surface area (Å²) in [4.78, 5) is 33.4. The van der Waals surface area contributed by atoms with Crippen molar-refractivity contribution in [2.75, 3.05) is 23.3 Å². The van der Waals surface area contributed by atoms with Gasteiger partial charge in [-0.3, -0.25) is 19.4 Å². The summed E-state index contributed by atoms with van der Waals surface area (Å²) >= 11 is 0. The normalized spacial score (nSPS) is 37.9. The van der Waals surface area contributed by atoms with Crippen LogP contribution in [0.15, 0.2) is 66.8 Å². The monoisotopic (exact) mass is 522 g/mol. The van der Waals surface area contributed by atoms with E-state index in [1.165, 1.54) is 16.7 Å². The molecule has 2 bridgehead atoms. The molecule has 2 spiro atoms. The van der Waals surface area contributed by atoms with Gasteiger partial charge in [0.25, 0.3) is 0 Å². The molecule has 6 aliphatic rings. The van der Waals surface area contributed by atoms with Gasteiger partial charge in [0.15, 0.2) is 0 Å². The number of para-hydroxylation sites is 1. The van der Waals surface area contributed by atoms with Gasteiger partial charge in [0.2, 0.25) is 12.3 Å². The number of ether oxygens (including phenoxy) is 1. The maximum Gasteiger partial charge on any atom is 0.247 e. The summed E-state index contributed by atoms with van der Waals surface area (Å²) in [5.41, 5.74) is 4.86. The smallest absolute Gasteiger partial charge is 0.247 e. The number of piperidine rings is 1. The Morgan fingerprint density at radius 1 is 1.05 bits per heavy atom. The van der Waals surface area contributed by atoms with Gasteiger partial charge < -0.3 is 15.0 Å². The Labute approximate surface area is 229 Å². The maximum absolute atomic E-state index is 13.9. The highest BCUT2D eigenvalue weighted by molar-refractivity contribution is 5.91. The third-order valence-electron chi connectivity index (χ3n) is 10.6. The van der Waals surface area contributed by atoms with Crippen LogP contribution in [0.1, 0.15) is 56.3 Å². The van der Waals surface area contributed by atoms with Crippen LogP contribution in [0.25, 0.3) is 0 Å². The molecule has 0 saturated carbocycles. The van der Waals surface area contributed by atoms with E-state index in [-0.39, 0.29) is 46.8 Å². The van der Waals surface area contributed by atoms with Gasteiger partial charge in [0, 0.05) is 36.0 Å². The molecule has 39 heavy (non-hydrogen) atoms. The van der Waals surface area contributed by atoms with Gasteiger partial charge in [-0.2, -0.15) is 0 Å². The number of nitrogens with one attached hydrogen (secondary N) is 1. The van der Waals surface area contributed by atoms with Crippen LogP contribution in [0.5, 0.6) is 0 Å². The molecule has 6 aliphatic heterocycles. The molecule has 2 amide bonds. The third kappa shape index (κ3) is 2.61. The molecule has 0 aromatic heterocycles. The number of epoxide rings is 1. The zero-order valence-electron chi connectivity index (χ0n) is 22.6. The minimum absolute atomic E-state index is 0.00543. The molecule has 3 fully saturated rings. The molecule has 7 nitrogen and oxygen atoms in total. The SMILES string of the molecule is C/C=C/C=C/C(=O)N1CC[C@@]23c4ccccc4N[C@@H]4N(C=O)c5cccc6c5C42CCN([C@@H]13)[C@@H]6[C@H]1OC1(C)C. The van der Waals surface area contributed by atoms with E-state index in [0.717, 1.165) is 37.2 Å². The van der Waals surface area contributed by atoms with E-state index in [0.29, 0.717) is 6.54 Å². The fourth-order valence-corrected chi connectivity index (χ4v) is 9.22. The van der Waals surface area contributed by atoms with Crippen molar-refractivity contribution in [2.45, 2.75) is 74.5 Å². The van der Waals surface area contributed by atoms with Gasteiger partial charge >= 0.3 is 0 Å². The summed E-state index contributed by atoms with van der Waals surface area (Å²) in [6.45, 7) is 7.78. The Morgan fingerprint density at radius 3 is 2.62 bits per heavy atom. The van der Waals surface area contributed by atoms with Gasteiger partial charge in [-0.15, -0.1) is 0 Å². The summed E-state index contributed by atoms with van der Waals surface area (Å²) in [5, 5.41) is 3.83. The van der Waals surface area contributed by atoms with Gasteiger partial charge in [-0.05, 0) is 62.4 Å². The Hall–Kier alpha value is -3.42. The molecule has 8 rings (SSSR count). The fraction of sp³-hybridized carbons (Fsp3) is 0.438. The first-order valence-corrected chi connectivity index (χ1v) is 14.2. The summed E-state index contributed by atoms with van der Waals surface area (Å²) in [7, 11) is 0. The Bertz CT molecular complexity index is 1480. The van der Waals surface area contributed by atoms with Crippen LogP contribution in [0, 0.1) is 0 Å². The first-order chi connectivity index (χ1) is 18.9. The van der Waals surface area contributed by atoms with Gasteiger partial charge in [0.05, 0.1) is 23.2 Å². The van der Waals surface area contributed by atoms with Crippen LogP contribution in [0.4, 0.5) is 11.4 Å². The Morgan fingerprint density at radius 2 is 1.85 bits per heavy atom. The van der Waals surface area contributed by atoms with Crippen LogP contribution >= 0.6 is 0 Å². The minimum atomic E-state index is -0.377. The standard InChI is InChI=1S/C32H34N4O3/c1-4-5-6-14-24(38)34-17-15-31-21-11-7-8-12-22(21)33-28-32(31)16-18-35(29(31)34)26(27-30(2,3)39-27)20-10-9-13-23(25(20)32)36(28)19-37/h4-14,19,26-29,33H,15-18H2,1-3H3/b5-4+,14-6+/t26-,27+,28+,29+,31-,32?/m0/s1. The first kappa shape index (κ1) is 23.5. The average molecular weight is 523 g/mol. The van der Waals surface area contributed by atoms with Crippen LogP contribution in [-0.4, -0.2) is 59.2 Å². The van der Waals surface area contributed by atoms with E-state index in [9.17, 15) is 9.59 Å². The molecule has 2 unspecified atom stereocenters. The number of allylic oxidation sites excluding steroid dienone is 3. The number of carbonyl (C=O) groups is 2. The highest BCUT2D eigenvalue weighted by Gasteiger charge is 2.77. The van der Waals surface area contributed by atoms with Gasteiger partial charge in [-0.25, -0.2) is 0 Å². The van der Waals surface area contributed by atoms with Gasteiger partial charge in [0.1, 0.15) is 12.3 Å². The molecular formula is C32H34N4O3. The lowest BCUT2D eigenvalue weighted by molar-refractivity contribution is -0.137. The van der Waals surface area contributed by atoms with E-state index >= 15 is 0 Å². The number of carbonyl (C=O) groups excluding carboxylic acids is 2. The summed E-state index contributed by atoms with van der Waals surface area (Å²) in [6, 6.07) is 15.0. The number of rotatable bonds is 4. The van der Waals surface area contributed by atoms with E-state index < -0.39 is 0 Å². The number of nitrogens with zero attached hydrogens (tertiary/aromatic N) is 3. The number of amides is 2. The van der Waals surface area contributed by atoms with Gasteiger partial charge in [-0.1, -0.05) is 48.6 Å². The lowest BCUT2D eigenvalue weighted by atomic mass is 9.50. The summed E-state index contributed by atoms with van der Waals surface area (Å²) < 4.78 is 6.39. The quantitative estimate of drug-likeness (QED) is 0.282. The van der Waals surface area contributed by atoms with Crippen molar-refractivity contribution < 1.29 is 14.3 Å². The molecule has 2 aromatic carbocycles. The minimum Gasteiger partial charge on any atom is -0.365 e. The Kier molecular flexibility index (Phi) is 4.58. The lowest BCUT2D eigenvalue weighted by Crippen LogP contribution is -2.73. The molecule has 2 aromatic rings. The van der Waals surface area contributed by atoms with Crippen molar-refractivity contribution in [1.82, 2.24) is 9.80 Å². The highest BCUT2D eigenvalue weighted by atomic mass is 16.6. The van der Waals surface area contributed by atoms with Crippen molar-refractivity contribution in [2.24, 2.45) is 0 Å². The largest absolute Gasteiger partial charge is 0.365 e. The predicted molar refractivity (Wildman–Crippen MR) is 149 cm³/mol. The second-order valence-corrected chi connectivity index (χ2v) is 12.4. The molecule has 200 valence electrons. The van der Waals surface area contributed by atoms with E-state index in [4.69, 9.17) is 4.74 Å². The number of fused-ring (bicyclic) bond motifs is 1. The molecule has 0 aliphatic carbocycles. The number of benzene rings is 2. The summed E-state index contributed by atoms with van der Waals surface area (Å²) in [6.07, 6.45) is 9.79. The van der Waals surface area contributed by atoms with Crippen LogP contribution in [-0.2, 0) is 25.2 Å². The number of hydrogen-bond acceptors (Lipinski definition) is 5. The second kappa shape index (κ2) is 7.61. The molecular weight excluding hydrogens is 488 g/mol. The van der Waals surface area contributed by atoms with Crippen molar-refractivity contribution in [1.29, 1.82) is 0 Å². The topological polar surface area (TPSA) is 68.4 Å². The average Bonchev–Trinajstić information content (AvgIpc) is 3.31. The fourth-order valence-electron chi connectivity index (χ4n) is 9.22. The van der Waals surface area contributed by atoms with E-state index in [2.05, 4.69) is 71.4 Å². The van der Waals surface area contributed by atoms with Crippen molar-refractivity contribution in [3.63, 3.8) is 0 Å². The highest BCUT2D eigenvalue weighted by Crippen LogP contribution is 2.72. The number of likely N-dealkylation sites (tertiary alicyclic amines) is 1. The van der Waals surface area contributed by atoms with Crippen molar-refractivity contribution in [3.05, 3.63) is 83.5 Å². The van der Waals surface area contributed by atoms with Crippen LogP contribution in [0.2, 0.25) is 0 Å². The third-order valence-corrected chi connectivity index (χ3v) is 10.6. The van der Waals surface area contributed by atoms with Crippen LogP contribution < -0.4 is 10.2 Å². The molecule has 0 radical (unpaired) electrons. The molecule has 7 atom stereocenters. The second-order valence-electron chi connectivity index (χ2n) is 12.4. The number of anilines is 2. The molecule has 3 saturated heterocycles. The van der Waals surface area contributed by atoms with Crippen LogP contribution in [0.3, 0.4) is 0 Å². The van der Waals surface area contributed by atoms with Crippen molar-refractivity contribution in [3.8, 4) is 0 Å². The number of hydrogen-bond donors (Lipinski definition) is 1. The molecule has 7 heteroatoms.